The van der Waals surface area contributed by atoms with Crippen molar-refractivity contribution in [3.63, 3.8) is 0 Å². The number of amides is 1. The summed E-state index contributed by atoms with van der Waals surface area (Å²) in [7, 11) is 3.15. The molecule has 1 heterocycles. The van der Waals surface area contributed by atoms with Gasteiger partial charge in [0.05, 0.1) is 29.4 Å². The van der Waals surface area contributed by atoms with Gasteiger partial charge in [-0.1, -0.05) is 12.1 Å². The van der Waals surface area contributed by atoms with E-state index in [-0.39, 0.29) is 5.91 Å². The molecule has 1 N–H and O–H groups in total. The highest BCUT2D eigenvalue weighted by Crippen LogP contribution is 2.31. The molecule has 5 nitrogen and oxygen atoms in total. The molecule has 6 heteroatoms. The minimum atomic E-state index is -0.217. The van der Waals surface area contributed by atoms with Gasteiger partial charge in [0, 0.05) is 17.3 Å². The lowest BCUT2D eigenvalue weighted by atomic mass is 10.1. The van der Waals surface area contributed by atoms with Crippen LogP contribution in [0, 0.1) is 6.92 Å². The maximum Gasteiger partial charge on any atom is 0.248 e. The molecule has 0 radical (unpaired) electrons. The van der Waals surface area contributed by atoms with Crippen LogP contribution in [0.2, 0.25) is 0 Å². The maximum absolute atomic E-state index is 12.2. The largest absolute Gasteiger partial charge is 0.493 e. The maximum atomic E-state index is 12.2. The Hall–Kier alpha value is -2.86. The molecule has 0 aliphatic rings. The Morgan fingerprint density at radius 3 is 2.80 bits per heavy atom. The average Bonchev–Trinajstić information content (AvgIpc) is 2.98. The molecule has 0 saturated carbocycles. The Labute approximate surface area is 149 Å². The second kappa shape index (κ2) is 7.36. The van der Waals surface area contributed by atoms with Gasteiger partial charge in [-0.05, 0) is 37.3 Å². The van der Waals surface area contributed by atoms with E-state index >= 15 is 0 Å². The van der Waals surface area contributed by atoms with Crippen LogP contribution in [0.4, 0.5) is 5.69 Å². The molecule has 25 heavy (non-hydrogen) atoms. The zero-order valence-corrected chi connectivity index (χ0v) is 15.0. The number of fused-ring (bicyclic) bond motifs is 1. The number of ether oxygens (including phenoxy) is 2. The van der Waals surface area contributed by atoms with Crippen molar-refractivity contribution in [2.75, 3.05) is 19.5 Å². The van der Waals surface area contributed by atoms with E-state index in [0.29, 0.717) is 11.5 Å². The summed E-state index contributed by atoms with van der Waals surface area (Å²) in [5, 5.41) is 3.86. The number of hydrogen-bond donors (Lipinski definition) is 1. The van der Waals surface area contributed by atoms with Gasteiger partial charge in [0.25, 0.3) is 0 Å². The molecular formula is C19H18N2O3S. The van der Waals surface area contributed by atoms with Crippen LogP contribution in [0.25, 0.3) is 16.3 Å². The summed E-state index contributed by atoms with van der Waals surface area (Å²) < 4.78 is 11.7. The van der Waals surface area contributed by atoms with Crippen LogP contribution in [0.3, 0.4) is 0 Å². The normalized spacial score (nSPS) is 11.0. The van der Waals surface area contributed by atoms with Crippen molar-refractivity contribution in [3.05, 3.63) is 53.0 Å². The first-order chi connectivity index (χ1) is 12.1. The summed E-state index contributed by atoms with van der Waals surface area (Å²) in [4.78, 5) is 16.6. The zero-order chi connectivity index (χ0) is 17.8. The standard InChI is InChI=1S/C19H18N2O3S/c1-12-20-15-9-8-14(11-17(15)25-12)21-18(22)10-7-13-5-4-6-16(23-2)19(13)24-3/h4-11H,1-3H3,(H,21,22)/b10-7+. The topological polar surface area (TPSA) is 60.5 Å². The van der Waals surface area contributed by atoms with Gasteiger partial charge in [-0.3, -0.25) is 4.79 Å². The number of para-hydroxylation sites is 1. The molecule has 3 aromatic rings. The second-order valence-corrected chi connectivity index (χ2v) is 6.56. The van der Waals surface area contributed by atoms with Gasteiger partial charge in [0.1, 0.15) is 0 Å². The highest BCUT2D eigenvalue weighted by molar-refractivity contribution is 7.18. The number of nitrogens with one attached hydrogen (secondary N) is 1. The zero-order valence-electron chi connectivity index (χ0n) is 14.2. The quantitative estimate of drug-likeness (QED) is 0.695. The number of carbonyl (C=O) groups is 1. The number of benzene rings is 2. The van der Waals surface area contributed by atoms with Crippen LogP contribution < -0.4 is 14.8 Å². The molecule has 0 aliphatic carbocycles. The average molecular weight is 354 g/mol. The SMILES string of the molecule is COc1cccc(/C=C/C(=O)Nc2ccc3nc(C)sc3c2)c1OC. The van der Waals surface area contributed by atoms with E-state index in [2.05, 4.69) is 10.3 Å². The fraction of sp³-hybridized carbons (Fsp3) is 0.158. The molecule has 0 saturated heterocycles. The van der Waals surface area contributed by atoms with Crippen molar-refractivity contribution in [2.45, 2.75) is 6.92 Å². The molecule has 2 aromatic carbocycles. The van der Waals surface area contributed by atoms with Gasteiger partial charge < -0.3 is 14.8 Å². The summed E-state index contributed by atoms with van der Waals surface area (Å²) in [6, 6.07) is 11.2. The molecular weight excluding hydrogens is 336 g/mol. The van der Waals surface area contributed by atoms with E-state index < -0.39 is 0 Å². The summed E-state index contributed by atoms with van der Waals surface area (Å²) in [6.07, 6.45) is 3.17. The Morgan fingerprint density at radius 2 is 2.04 bits per heavy atom. The number of thiazole rings is 1. The first-order valence-corrected chi connectivity index (χ1v) is 8.49. The fourth-order valence-electron chi connectivity index (χ4n) is 2.51. The molecule has 0 aliphatic heterocycles. The number of hydrogen-bond acceptors (Lipinski definition) is 5. The van der Waals surface area contributed by atoms with Gasteiger partial charge >= 0.3 is 0 Å². The Morgan fingerprint density at radius 1 is 1.20 bits per heavy atom. The van der Waals surface area contributed by atoms with Crippen molar-refractivity contribution >= 4 is 39.2 Å². The number of aryl methyl sites for hydroxylation is 1. The molecule has 128 valence electrons. The molecule has 0 spiro atoms. The first-order valence-electron chi connectivity index (χ1n) is 7.68. The number of rotatable bonds is 5. The Bertz CT molecular complexity index is 947. The molecule has 3 rings (SSSR count). The third-order valence-electron chi connectivity index (χ3n) is 3.61. The number of nitrogens with zero attached hydrogens (tertiary/aromatic N) is 1. The van der Waals surface area contributed by atoms with Gasteiger partial charge in [0.15, 0.2) is 11.5 Å². The highest BCUT2D eigenvalue weighted by atomic mass is 32.1. The molecule has 0 bridgehead atoms. The summed E-state index contributed by atoms with van der Waals surface area (Å²) in [6.45, 7) is 1.97. The van der Waals surface area contributed by atoms with Crippen molar-refractivity contribution in [1.82, 2.24) is 4.98 Å². The van der Waals surface area contributed by atoms with Crippen molar-refractivity contribution in [2.24, 2.45) is 0 Å². The number of anilines is 1. The van der Waals surface area contributed by atoms with E-state index in [1.54, 1.807) is 31.6 Å². The first kappa shape index (κ1) is 17.0. The van der Waals surface area contributed by atoms with Crippen LogP contribution in [0.5, 0.6) is 11.5 Å². The lowest BCUT2D eigenvalue weighted by molar-refractivity contribution is -0.111. The minimum absolute atomic E-state index is 0.217. The van der Waals surface area contributed by atoms with Gasteiger partial charge in [0.2, 0.25) is 5.91 Å². The van der Waals surface area contributed by atoms with Gasteiger partial charge in [-0.2, -0.15) is 0 Å². The van der Waals surface area contributed by atoms with Crippen LogP contribution in [-0.2, 0) is 4.79 Å². The van der Waals surface area contributed by atoms with E-state index in [1.807, 2.05) is 43.3 Å². The van der Waals surface area contributed by atoms with E-state index in [1.165, 1.54) is 6.08 Å². The second-order valence-electron chi connectivity index (χ2n) is 5.32. The Balaban J connectivity index is 1.76. The number of aromatic nitrogens is 1. The van der Waals surface area contributed by atoms with Crippen molar-refractivity contribution in [1.29, 1.82) is 0 Å². The van der Waals surface area contributed by atoms with Crippen LogP contribution in [-0.4, -0.2) is 25.1 Å². The lowest BCUT2D eigenvalue weighted by Gasteiger charge is -2.09. The highest BCUT2D eigenvalue weighted by Gasteiger charge is 2.08. The van der Waals surface area contributed by atoms with Crippen LogP contribution in [0.1, 0.15) is 10.6 Å². The Kier molecular flexibility index (Phi) is 5.00. The smallest absolute Gasteiger partial charge is 0.248 e. The molecule has 1 amide bonds. The van der Waals surface area contributed by atoms with Crippen LogP contribution in [0.15, 0.2) is 42.5 Å². The summed E-state index contributed by atoms with van der Waals surface area (Å²) >= 11 is 1.60. The fourth-order valence-corrected chi connectivity index (χ4v) is 3.38. The molecule has 0 atom stereocenters. The monoisotopic (exact) mass is 354 g/mol. The third kappa shape index (κ3) is 3.80. The predicted octanol–water partition coefficient (Wildman–Crippen LogP) is 4.27. The number of methoxy groups -OCH3 is 2. The van der Waals surface area contributed by atoms with Crippen LogP contribution >= 0.6 is 11.3 Å². The minimum Gasteiger partial charge on any atom is -0.493 e. The molecule has 0 unspecified atom stereocenters. The summed E-state index contributed by atoms with van der Waals surface area (Å²) in [5.74, 6) is 0.997. The molecule has 1 aromatic heterocycles. The molecule has 0 fully saturated rings. The number of carbonyl (C=O) groups excluding carboxylic acids is 1. The van der Waals surface area contributed by atoms with Crippen molar-refractivity contribution < 1.29 is 14.3 Å². The van der Waals surface area contributed by atoms with Crippen molar-refractivity contribution in [3.8, 4) is 11.5 Å². The van der Waals surface area contributed by atoms with E-state index in [9.17, 15) is 4.79 Å². The van der Waals surface area contributed by atoms with Gasteiger partial charge in [-0.25, -0.2) is 4.98 Å². The van der Waals surface area contributed by atoms with E-state index in [4.69, 9.17) is 9.47 Å². The summed E-state index contributed by atoms with van der Waals surface area (Å²) in [5.41, 5.74) is 2.45. The van der Waals surface area contributed by atoms with E-state index in [0.717, 1.165) is 26.5 Å². The van der Waals surface area contributed by atoms with Gasteiger partial charge in [-0.15, -0.1) is 11.3 Å². The lowest BCUT2D eigenvalue weighted by Crippen LogP contribution is -2.07. The third-order valence-corrected chi connectivity index (χ3v) is 4.54. The predicted molar refractivity (Wildman–Crippen MR) is 102 cm³/mol.